The fourth-order valence-electron chi connectivity index (χ4n) is 2.33. The van der Waals surface area contributed by atoms with E-state index in [1.165, 1.54) is 16.9 Å². The molecule has 0 unspecified atom stereocenters. The van der Waals surface area contributed by atoms with Crippen molar-refractivity contribution in [2.45, 2.75) is 39.8 Å². The minimum Gasteiger partial charge on any atom is -0.354 e. The summed E-state index contributed by atoms with van der Waals surface area (Å²) in [6.45, 7) is 6.39. The molecule has 0 bridgehead atoms. The second kappa shape index (κ2) is 8.92. The number of aromatic nitrogens is 1. The van der Waals surface area contributed by atoms with Gasteiger partial charge in [-0.3, -0.25) is 9.59 Å². The number of carbonyl (C=O) groups excluding carboxylic acids is 2. The van der Waals surface area contributed by atoms with Crippen molar-refractivity contribution in [2.24, 2.45) is 0 Å². The summed E-state index contributed by atoms with van der Waals surface area (Å²) in [6, 6.07) is 7.51. The Morgan fingerprint density at radius 2 is 1.96 bits per heavy atom. The van der Waals surface area contributed by atoms with Gasteiger partial charge in [-0.1, -0.05) is 36.8 Å². The predicted molar refractivity (Wildman–Crippen MR) is 104 cm³/mol. The number of hydrogen-bond acceptors (Lipinski definition) is 4. The molecular formula is C18H23N3O2S2. The quantitative estimate of drug-likeness (QED) is 0.728. The van der Waals surface area contributed by atoms with Crippen LogP contribution in [-0.2, 0) is 16.1 Å². The van der Waals surface area contributed by atoms with Crippen molar-refractivity contribution in [3.05, 3.63) is 39.2 Å². The number of nitrogens with zero attached hydrogens (tertiary/aromatic N) is 1. The molecule has 0 aliphatic rings. The van der Waals surface area contributed by atoms with Crippen LogP contribution in [0.3, 0.4) is 0 Å². The lowest BCUT2D eigenvalue weighted by Crippen LogP contribution is -2.46. The highest BCUT2D eigenvalue weighted by atomic mass is 32.1. The lowest BCUT2D eigenvalue weighted by molar-refractivity contribution is -0.128. The highest BCUT2D eigenvalue weighted by molar-refractivity contribution is 7.73. The molecule has 0 aliphatic carbocycles. The average Bonchev–Trinajstić information content (AvgIpc) is 2.94. The van der Waals surface area contributed by atoms with Gasteiger partial charge in [-0.05, 0) is 38.0 Å². The SMILES string of the molecule is CCCNC(=O)[C@H](C)NC(=O)Cn1c(-c2ccc(C)cc2)csc1=S. The number of carbonyl (C=O) groups is 2. The second-order valence-corrected chi connectivity index (χ2v) is 7.42. The number of aryl methyl sites for hydroxylation is 1. The molecule has 1 heterocycles. The normalized spacial score (nSPS) is 11.8. The van der Waals surface area contributed by atoms with Crippen molar-refractivity contribution < 1.29 is 9.59 Å². The highest BCUT2D eigenvalue weighted by Gasteiger charge is 2.17. The zero-order chi connectivity index (χ0) is 18.4. The molecular weight excluding hydrogens is 354 g/mol. The largest absolute Gasteiger partial charge is 0.354 e. The van der Waals surface area contributed by atoms with Gasteiger partial charge in [-0.15, -0.1) is 11.3 Å². The second-order valence-electron chi connectivity index (χ2n) is 5.92. The standard InChI is InChI=1S/C18H23N3O2S2/c1-4-9-19-17(23)13(3)20-16(22)10-21-15(11-25-18(21)24)14-7-5-12(2)6-8-14/h5-8,11,13H,4,9-10H2,1-3H3,(H,19,23)(H,20,22)/t13-/m0/s1. The van der Waals surface area contributed by atoms with E-state index in [2.05, 4.69) is 10.6 Å². The Balaban J connectivity index is 2.09. The molecule has 5 nitrogen and oxygen atoms in total. The monoisotopic (exact) mass is 377 g/mol. The van der Waals surface area contributed by atoms with Crippen LogP contribution < -0.4 is 10.6 Å². The Kier molecular flexibility index (Phi) is 6.90. The summed E-state index contributed by atoms with van der Waals surface area (Å²) >= 11 is 6.79. The van der Waals surface area contributed by atoms with Gasteiger partial charge in [0.1, 0.15) is 12.6 Å². The molecule has 2 aromatic rings. The predicted octanol–water partition coefficient (Wildman–Crippen LogP) is 3.29. The smallest absolute Gasteiger partial charge is 0.242 e. The third kappa shape index (κ3) is 5.24. The summed E-state index contributed by atoms with van der Waals surface area (Å²) in [5.41, 5.74) is 3.10. The van der Waals surface area contributed by atoms with E-state index in [4.69, 9.17) is 12.2 Å². The number of hydrogen-bond donors (Lipinski definition) is 2. The van der Waals surface area contributed by atoms with Gasteiger partial charge < -0.3 is 15.2 Å². The van der Waals surface area contributed by atoms with E-state index < -0.39 is 6.04 Å². The van der Waals surface area contributed by atoms with Gasteiger partial charge in [0, 0.05) is 11.9 Å². The lowest BCUT2D eigenvalue weighted by atomic mass is 10.1. The number of amides is 2. The molecule has 2 N–H and O–H groups in total. The lowest BCUT2D eigenvalue weighted by Gasteiger charge is -2.15. The maximum atomic E-state index is 12.3. The molecule has 0 saturated carbocycles. The average molecular weight is 378 g/mol. The summed E-state index contributed by atoms with van der Waals surface area (Å²) in [7, 11) is 0. The van der Waals surface area contributed by atoms with Crippen LogP contribution in [0.4, 0.5) is 0 Å². The Morgan fingerprint density at radius 3 is 2.60 bits per heavy atom. The first kappa shape index (κ1) is 19.3. The molecule has 1 aromatic heterocycles. The van der Waals surface area contributed by atoms with Crippen LogP contribution in [0, 0.1) is 10.9 Å². The zero-order valence-corrected chi connectivity index (χ0v) is 16.3. The Hall–Kier alpha value is -1.99. The van der Waals surface area contributed by atoms with Gasteiger partial charge in [0.15, 0.2) is 3.95 Å². The van der Waals surface area contributed by atoms with Crippen molar-refractivity contribution in [3.63, 3.8) is 0 Å². The summed E-state index contributed by atoms with van der Waals surface area (Å²) in [5.74, 6) is -0.412. The fraction of sp³-hybridized carbons (Fsp3) is 0.389. The van der Waals surface area contributed by atoms with E-state index >= 15 is 0 Å². The highest BCUT2D eigenvalue weighted by Crippen LogP contribution is 2.24. The third-order valence-electron chi connectivity index (χ3n) is 3.75. The van der Waals surface area contributed by atoms with Crippen LogP contribution >= 0.6 is 23.6 Å². The van der Waals surface area contributed by atoms with E-state index in [-0.39, 0.29) is 18.4 Å². The van der Waals surface area contributed by atoms with E-state index in [9.17, 15) is 9.59 Å². The van der Waals surface area contributed by atoms with Crippen LogP contribution in [0.1, 0.15) is 25.8 Å². The first-order valence-corrected chi connectivity index (χ1v) is 9.53. The maximum absolute atomic E-state index is 12.3. The molecule has 0 aliphatic heterocycles. The summed E-state index contributed by atoms with van der Waals surface area (Å²) in [5, 5.41) is 7.46. The van der Waals surface area contributed by atoms with Crippen molar-refractivity contribution >= 4 is 35.4 Å². The van der Waals surface area contributed by atoms with E-state index in [0.29, 0.717) is 10.5 Å². The van der Waals surface area contributed by atoms with Crippen molar-refractivity contribution in [1.29, 1.82) is 0 Å². The number of benzene rings is 1. The molecule has 2 rings (SSSR count). The number of thiazole rings is 1. The van der Waals surface area contributed by atoms with Gasteiger partial charge in [0.25, 0.3) is 0 Å². The third-order valence-corrected chi connectivity index (χ3v) is 5.02. The number of rotatable bonds is 7. The Morgan fingerprint density at radius 1 is 1.28 bits per heavy atom. The van der Waals surface area contributed by atoms with Crippen LogP contribution in [0.2, 0.25) is 0 Å². The molecule has 134 valence electrons. The van der Waals surface area contributed by atoms with Gasteiger partial charge in [-0.25, -0.2) is 0 Å². The topological polar surface area (TPSA) is 63.1 Å². The summed E-state index contributed by atoms with van der Waals surface area (Å²) < 4.78 is 2.44. The van der Waals surface area contributed by atoms with Crippen molar-refractivity contribution in [1.82, 2.24) is 15.2 Å². The molecule has 2 amide bonds. The molecule has 25 heavy (non-hydrogen) atoms. The maximum Gasteiger partial charge on any atom is 0.242 e. The molecule has 0 saturated heterocycles. The molecule has 1 atom stereocenters. The first-order chi connectivity index (χ1) is 11.9. The van der Waals surface area contributed by atoms with Gasteiger partial charge in [-0.2, -0.15) is 0 Å². The van der Waals surface area contributed by atoms with E-state index in [0.717, 1.165) is 17.7 Å². The van der Waals surface area contributed by atoms with Crippen molar-refractivity contribution in [3.8, 4) is 11.3 Å². The first-order valence-electron chi connectivity index (χ1n) is 8.24. The van der Waals surface area contributed by atoms with E-state index in [1.807, 2.05) is 43.5 Å². The molecule has 1 aromatic carbocycles. The van der Waals surface area contributed by atoms with Gasteiger partial charge in [0.2, 0.25) is 11.8 Å². The minimum absolute atomic E-state index is 0.0942. The van der Waals surface area contributed by atoms with Crippen LogP contribution in [0.5, 0.6) is 0 Å². The number of nitrogens with one attached hydrogen (secondary N) is 2. The van der Waals surface area contributed by atoms with Crippen LogP contribution in [0.25, 0.3) is 11.3 Å². The molecule has 7 heteroatoms. The van der Waals surface area contributed by atoms with Gasteiger partial charge in [0.05, 0.1) is 5.69 Å². The van der Waals surface area contributed by atoms with Crippen LogP contribution in [-0.4, -0.2) is 29.0 Å². The molecule has 0 fully saturated rings. The molecule has 0 spiro atoms. The summed E-state index contributed by atoms with van der Waals surface area (Å²) in [4.78, 5) is 24.2. The Labute approximate surface area is 157 Å². The van der Waals surface area contributed by atoms with E-state index in [1.54, 1.807) is 11.5 Å². The minimum atomic E-state index is -0.574. The Bertz CT molecular complexity index is 793. The van der Waals surface area contributed by atoms with Crippen molar-refractivity contribution in [2.75, 3.05) is 6.54 Å². The van der Waals surface area contributed by atoms with Gasteiger partial charge >= 0.3 is 0 Å². The molecule has 0 radical (unpaired) electrons. The fourth-order valence-corrected chi connectivity index (χ4v) is 3.40. The van der Waals surface area contributed by atoms with Crippen LogP contribution in [0.15, 0.2) is 29.6 Å². The zero-order valence-electron chi connectivity index (χ0n) is 14.7. The summed E-state index contributed by atoms with van der Waals surface area (Å²) in [6.07, 6.45) is 0.858.